The molecule has 0 aliphatic heterocycles. The normalized spacial score (nSPS) is 11.2. The Bertz CT molecular complexity index is 919. The minimum atomic E-state index is -4.69. The number of carbonyl (C=O) groups excluding carboxylic acids is 1. The molecule has 0 saturated heterocycles. The summed E-state index contributed by atoms with van der Waals surface area (Å²) in [6, 6.07) is 3.66. The molecule has 0 unspecified atom stereocenters. The zero-order chi connectivity index (χ0) is 18.9. The number of nitrogens with two attached hydrogens (primary N) is 1. The fourth-order valence-corrected chi connectivity index (χ4v) is 2.42. The zero-order valence-corrected chi connectivity index (χ0v) is 12.7. The van der Waals surface area contributed by atoms with Crippen molar-refractivity contribution in [2.24, 2.45) is 5.84 Å². The van der Waals surface area contributed by atoms with Crippen molar-refractivity contribution in [3.63, 3.8) is 0 Å². The molecule has 0 atom stereocenters. The number of nitrogen functional groups attached to an aromatic ring is 1. The summed E-state index contributed by atoms with van der Waals surface area (Å²) in [4.78, 5) is 37.7. The number of halogens is 3. The van der Waals surface area contributed by atoms with Gasteiger partial charge >= 0.3 is 12.1 Å². The summed E-state index contributed by atoms with van der Waals surface area (Å²) in [7, 11) is 0. The summed E-state index contributed by atoms with van der Waals surface area (Å²) in [5.74, 6) is 2.41. The third kappa shape index (κ3) is 3.38. The van der Waals surface area contributed by atoms with Crippen LogP contribution in [0.2, 0.25) is 0 Å². The van der Waals surface area contributed by atoms with Gasteiger partial charge in [-0.1, -0.05) is 12.1 Å². The summed E-state index contributed by atoms with van der Waals surface area (Å²) in [6.45, 7) is 1.30. The largest absolute Gasteiger partial charge is 0.477 e. The van der Waals surface area contributed by atoms with Gasteiger partial charge in [0.1, 0.15) is 5.56 Å². The van der Waals surface area contributed by atoms with E-state index in [1.807, 2.05) is 0 Å². The fourth-order valence-electron chi connectivity index (χ4n) is 2.42. The van der Waals surface area contributed by atoms with E-state index < -0.39 is 40.3 Å². The van der Waals surface area contributed by atoms with Crippen molar-refractivity contribution in [2.45, 2.75) is 13.1 Å². The van der Waals surface area contributed by atoms with E-state index in [4.69, 9.17) is 5.84 Å². The number of pyridine rings is 1. The first-order valence-corrected chi connectivity index (χ1v) is 6.76. The molecule has 0 radical (unpaired) electrons. The lowest BCUT2D eigenvalue weighted by atomic mass is 9.92. The molecular weight excluding hydrogens is 343 g/mol. The molecule has 1 amide bonds. The Morgan fingerprint density at radius 3 is 2.40 bits per heavy atom. The molecule has 1 heterocycles. The fraction of sp³-hybridized carbons (Fsp3) is 0.133. The number of aromatic amines is 1. The van der Waals surface area contributed by atoms with Crippen LogP contribution in [-0.4, -0.2) is 22.0 Å². The molecule has 7 nitrogen and oxygen atoms in total. The number of carbonyl (C=O) groups is 2. The van der Waals surface area contributed by atoms with Gasteiger partial charge in [0, 0.05) is 11.3 Å². The summed E-state index contributed by atoms with van der Waals surface area (Å²) >= 11 is 0. The number of carboxylic acids is 1. The number of hydrazine groups is 1. The molecule has 0 aliphatic carbocycles. The molecule has 5 N–H and O–H groups in total. The number of hydrogen-bond donors (Lipinski definition) is 4. The Hall–Kier alpha value is -3.14. The van der Waals surface area contributed by atoms with Gasteiger partial charge in [0.05, 0.1) is 11.1 Å². The SMILES string of the molecule is Cc1[nH]c(=O)c(C(=O)O)c(-c2cccc(C(F)(F)F)c2)c1C(=O)NN. The third-order valence-corrected chi connectivity index (χ3v) is 3.45. The van der Waals surface area contributed by atoms with Crippen molar-refractivity contribution in [1.82, 2.24) is 10.4 Å². The first-order chi connectivity index (χ1) is 11.6. The summed E-state index contributed by atoms with van der Waals surface area (Å²) in [5, 5.41) is 9.30. The van der Waals surface area contributed by atoms with Crippen molar-refractivity contribution >= 4 is 11.9 Å². The number of benzene rings is 1. The maximum Gasteiger partial charge on any atom is 0.416 e. The van der Waals surface area contributed by atoms with Gasteiger partial charge in [-0.25, -0.2) is 10.6 Å². The van der Waals surface area contributed by atoms with Gasteiger partial charge in [-0.3, -0.25) is 15.0 Å². The van der Waals surface area contributed by atoms with Gasteiger partial charge in [0.2, 0.25) is 0 Å². The third-order valence-electron chi connectivity index (χ3n) is 3.45. The number of carboxylic acid groups (broad SMARTS) is 1. The number of rotatable bonds is 3. The molecule has 0 aliphatic rings. The van der Waals surface area contributed by atoms with Crippen LogP contribution in [0.15, 0.2) is 29.1 Å². The number of hydrogen-bond acceptors (Lipinski definition) is 4. The van der Waals surface area contributed by atoms with Crippen LogP contribution in [0.25, 0.3) is 11.1 Å². The van der Waals surface area contributed by atoms with Crippen LogP contribution in [0.1, 0.15) is 32.0 Å². The first-order valence-electron chi connectivity index (χ1n) is 6.76. The Kier molecular flexibility index (Phi) is 4.66. The molecule has 0 fully saturated rings. The highest BCUT2D eigenvalue weighted by Gasteiger charge is 2.32. The smallest absolute Gasteiger partial charge is 0.416 e. The Morgan fingerprint density at radius 2 is 1.88 bits per heavy atom. The average Bonchev–Trinajstić information content (AvgIpc) is 2.52. The van der Waals surface area contributed by atoms with E-state index in [1.54, 1.807) is 5.43 Å². The molecule has 10 heteroatoms. The molecule has 0 spiro atoms. The summed E-state index contributed by atoms with van der Waals surface area (Å²) < 4.78 is 38.8. The molecule has 1 aromatic carbocycles. The Labute approximate surface area is 138 Å². The lowest BCUT2D eigenvalue weighted by Gasteiger charge is -2.15. The molecule has 2 aromatic rings. The number of aromatic carboxylic acids is 1. The van der Waals surface area contributed by atoms with Crippen LogP contribution < -0.4 is 16.8 Å². The highest BCUT2D eigenvalue weighted by atomic mass is 19.4. The average molecular weight is 355 g/mol. The summed E-state index contributed by atoms with van der Waals surface area (Å²) in [5.41, 5.74) is -2.24. The van der Waals surface area contributed by atoms with Crippen LogP contribution in [0, 0.1) is 6.92 Å². The monoisotopic (exact) mass is 355 g/mol. The predicted molar refractivity (Wildman–Crippen MR) is 80.9 cm³/mol. The van der Waals surface area contributed by atoms with Crippen molar-refractivity contribution in [3.05, 3.63) is 57.0 Å². The first kappa shape index (κ1) is 18.2. The number of nitrogens with one attached hydrogen (secondary N) is 2. The van der Waals surface area contributed by atoms with Crippen LogP contribution in [0.3, 0.4) is 0 Å². The van der Waals surface area contributed by atoms with Crippen LogP contribution in [-0.2, 0) is 6.18 Å². The minimum Gasteiger partial charge on any atom is -0.477 e. The zero-order valence-electron chi connectivity index (χ0n) is 12.7. The van der Waals surface area contributed by atoms with Crippen molar-refractivity contribution < 1.29 is 27.9 Å². The number of H-pyrrole nitrogens is 1. The van der Waals surface area contributed by atoms with E-state index in [0.717, 1.165) is 12.1 Å². The minimum absolute atomic E-state index is 0.0367. The topological polar surface area (TPSA) is 125 Å². The highest BCUT2D eigenvalue weighted by Crippen LogP contribution is 2.34. The van der Waals surface area contributed by atoms with E-state index in [1.165, 1.54) is 13.0 Å². The second-order valence-electron chi connectivity index (χ2n) is 5.06. The van der Waals surface area contributed by atoms with E-state index in [0.29, 0.717) is 6.07 Å². The summed E-state index contributed by atoms with van der Waals surface area (Å²) in [6.07, 6.45) is -4.69. The number of aromatic nitrogens is 1. The number of aryl methyl sites for hydroxylation is 1. The standard InChI is InChI=1S/C15H12F3N3O4/c1-6-9(13(23)21-19)10(11(14(24)25)12(22)20-6)7-3-2-4-8(5-7)15(16,17)18/h2-5H,19H2,1H3,(H,20,22)(H,21,23)(H,24,25). The lowest BCUT2D eigenvalue weighted by Crippen LogP contribution is -2.33. The molecule has 0 saturated carbocycles. The molecule has 1 aromatic heterocycles. The number of alkyl halides is 3. The van der Waals surface area contributed by atoms with Crippen molar-refractivity contribution in [2.75, 3.05) is 0 Å². The van der Waals surface area contributed by atoms with Gasteiger partial charge in [-0.2, -0.15) is 13.2 Å². The quantitative estimate of drug-likeness (QED) is 0.379. The highest BCUT2D eigenvalue weighted by molar-refractivity contribution is 6.07. The van der Waals surface area contributed by atoms with E-state index in [-0.39, 0.29) is 16.8 Å². The second kappa shape index (κ2) is 6.40. The maximum absolute atomic E-state index is 12.9. The molecule has 25 heavy (non-hydrogen) atoms. The van der Waals surface area contributed by atoms with Crippen LogP contribution >= 0.6 is 0 Å². The van der Waals surface area contributed by atoms with E-state index >= 15 is 0 Å². The van der Waals surface area contributed by atoms with Gasteiger partial charge in [-0.15, -0.1) is 0 Å². The molecule has 2 rings (SSSR count). The van der Waals surface area contributed by atoms with E-state index in [9.17, 15) is 32.7 Å². The van der Waals surface area contributed by atoms with Gasteiger partial charge < -0.3 is 10.1 Å². The van der Waals surface area contributed by atoms with Crippen LogP contribution in [0.4, 0.5) is 13.2 Å². The molecular formula is C15H12F3N3O4. The predicted octanol–water partition coefficient (Wildman–Crippen LogP) is 1.67. The van der Waals surface area contributed by atoms with Gasteiger partial charge in [0.15, 0.2) is 0 Å². The van der Waals surface area contributed by atoms with Crippen molar-refractivity contribution in [3.8, 4) is 11.1 Å². The maximum atomic E-state index is 12.9. The second-order valence-corrected chi connectivity index (χ2v) is 5.06. The van der Waals surface area contributed by atoms with E-state index in [2.05, 4.69) is 4.98 Å². The van der Waals surface area contributed by atoms with Crippen molar-refractivity contribution in [1.29, 1.82) is 0 Å². The molecule has 0 bridgehead atoms. The van der Waals surface area contributed by atoms with Crippen LogP contribution in [0.5, 0.6) is 0 Å². The number of amides is 1. The van der Waals surface area contributed by atoms with Gasteiger partial charge in [0.25, 0.3) is 11.5 Å². The van der Waals surface area contributed by atoms with Gasteiger partial charge in [-0.05, 0) is 24.6 Å². The Balaban J connectivity index is 2.95. The Morgan fingerprint density at radius 1 is 1.24 bits per heavy atom. The lowest BCUT2D eigenvalue weighted by molar-refractivity contribution is -0.137. The molecule has 132 valence electrons.